The third-order valence-electron chi connectivity index (χ3n) is 5.17. The number of benzene rings is 2. The topological polar surface area (TPSA) is 72.7 Å². The number of aromatic nitrogens is 4. The van der Waals surface area contributed by atoms with Crippen molar-refractivity contribution >= 4 is 38.7 Å². The van der Waals surface area contributed by atoms with E-state index in [-0.39, 0.29) is 5.56 Å². The van der Waals surface area contributed by atoms with E-state index < -0.39 is 6.03 Å². The van der Waals surface area contributed by atoms with Crippen LogP contribution in [0.4, 0.5) is 4.79 Å². The van der Waals surface area contributed by atoms with Gasteiger partial charge in [0.25, 0.3) is 5.56 Å². The third kappa shape index (κ3) is 2.18. The molecule has 0 unspecified atom stereocenters. The number of pyridine rings is 1. The smallest absolute Gasteiger partial charge is 0.340 e. The molecule has 0 aliphatic rings. The Morgan fingerprint density at radius 1 is 0.964 bits per heavy atom. The average Bonchev–Trinajstić information content (AvgIpc) is 3.20. The minimum atomic E-state index is -0.491. The number of nitrogens with one attached hydrogen (secondary N) is 1. The Bertz CT molecular complexity index is 1480. The number of nitrogens with zero attached hydrogens (tertiary/aromatic N) is 3. The summed E-state index contributed by atoms with van der Waals surface area (Å²) in [7, 11) is 0. The molecule has 0 bridgehead atoms. The number of hydrogen-bond donors (Lipinski definition) is 1. The van der Waals surface area contributed by atoms with Crippen LogP contribution in [0.2, 0.25) is 0 Å². The lowest BCUT2D eigenvalue weighted by molar-refractivity contribution is 0.240. The van der Waals surface area contributed by atoms with Crippen LogP contribution in [0.1, 0.15) is 17.0 Å². The summed E-state index contributed by atoms with van der Waals surface area (Å²) in [6.45, 7) is 5.65. The van der Waals surface area contributed by atoms with E-state index in [4.69, 9.17) is 0 Å². The second kappa shape index (κ2) is 5.66. The highest BCUT2D eigenvalue weighted by Crippen LogP contribution is 2.31. The summed E-state index contributed by atoms with van der Waals surface area (Å²) in [5.74, 6) is 0. The zero-order chi connectivity index (χ0) is 19.6. The molecule has 0 aliphatic heterocycles. The normalized spacial score (nSPS) is 11.7. The molecule has 0 amide bonds. The van der Waals surface area contributed by atoms with Gasteiger partial charge in [-0.05, 0) is 50.4 Å². The highest BCUT2D eigenvalue weighted by molar-refractivity contribution is 6.20. The molecule has 0 saturated heterocycles. The van der Waals surface area contributed by atoms with E-state index in [1.807, 2.05) is 50.2 Å². The lowest BCUT2D eigenvalue weighted by atomic mass is 10.1. The molecule has 28 heavy (non-hydrogen) atoms. The monoisotopic (exact) mass is 370 g/mol. The van der Waals surface area contributed by atoms with Gasteiger partial charge in [0.2, 0.25) is 0 Å². The highest BCUT2D eigenvalue weighted by Gasteiger charge is 2.22. The lowest BCUT2D eigenvalue weighted by Gasteiger charge is -2.10. The van der Waals surface area contributed by atoms with Crippen LogP contribution in [0.3, 0.4) is 0 Å². The van der Waals surface area contributed by atoms with Gasteiger partial charge in [0.15, 0.2) is 0 Å². The predicted molar refractivity (Wildman–Crippen MR) is 110 cm³/mol. The highest BCUT2D eigenvalue weighted by atomic mass is 16.2. The first-order valence-corrected chi connectivity index (χ1v) is 9.09. The van der Waals surface area contributed by atoms with Gasteiger partial charge in [-0.15, -0.1) is 0 Å². The van der Waals surface area contributed by atoms with Crippen molar-refractivity contribution in [3.05, 3.63) is 75.8 Å². The number of rotatable bonds is 0. The van der Waals surface area contributed by atoms with Crippen LogP contribution in [0.5, 0.6) is 0 Å². The van der Waals surface area contributed by atoms with Crippen LogP contribution >= 0.6 is 0 Å². The fourth-order valence-electron chi connectivity index (χ4n) is 3.94. The van der Waals surface area contributed by atoms with Crippen LogP contribution in [-0.4, -0.2) is 25.4 Å². The molecule has 0 fully saturated rings. The quantitative estimate of drug-likeness (QED) is 0.442. The summed E-state index contributed by atoms with van der Waals surface area (Å²) >= 11 is 0. The maximum atomic E-state index is 13.3. The first-order valence-electron chi connectivity index (χ1n) is 9.09. The Balaban J connectivity index is 2.00. The van der Waals surface area contributed by atoms with E-state index in [0.717, 1.165) is 32.9 Å². The van der Waals surface area contributed by atoms with Gasteiger partial charge in [-0.25, -0.2) is 9.36 Å². The van der Waals surface area contributed by atoms with Gasteiger partial charge < -0.3 is 4.98 Å². The number of carbonyl (C=O) groups excluding carboxylic acids is 1. The Hall–Kier alpha value is -3.67. The van der Waals surface area contributed by atoms with E-state index in [9.17, 15) is 9.59 Å². The lowest BCUT2D eigenvalue weighted by Crippen LogP contribution is -2.32. The number of fused-ring (bicyclic) bond motifs is 5. The SMILES string of the molecule is Cc1ccc2[nH]c3c(c2c1)c1ccccc1c(=O)n3C(=O)n1nc(C)cc1C. The fraction of sp³-hybridized carbons (Fsp3) is 0.136. The van der Waals surface area contributed by atoms with E-state index in [2.05, 4.69) is 16.1 Å². The van der Waals surface area contributed by atoms with Gasteiger partial charge in [0, 0.05) is 27.4 Å². The molecule has 5 aromatic rings. The molecule has 1 N–H and O–H groups in total. The minimum absolute atomic E-state index is 0.357. The van der Waals surface area contributed by atoms with Gasteiger partial charge in [-0.1, -0.05) is 29.8 Å². The summed E-state index contributed by atoms with van der Waals surface area (Å²) in [6, 6.07) is 14.8. The molecule has 3 heterocycles. The van der Waals surface area contributed by atoms with Crippen molar-refractivity contribution in [1.82, 2.24) is 19.3 Å². The van der Waals surface area contributed by atoms with Gasteiger partial charge in [0.05, 0.1) is 5.69 Å². The van der Waals surface area contributed by atoms with Gasteiger partial charge >= 0.3 is 6.03 Å². The largest absolute Gasteiger partial charge is 0.357 e. The van der Waals surface area contributed by atoms with Gasteiger partial charge in [0.1, 0.15) is 5.65 Å². The van der Waals surface area contributed by atoms with E-state index in [1.165, 1.54) is 9.25 Å². The molecular formula is C22H18N4O2. The van der Waals surface area contributed by atoms with Crippen LogP contribution in [-0.2, 0) is 0 Å². The second-order valence-corrected chi connectivity index (χ2v) is 7.21. The average molecular weight is 370 g/mol. The van der Waals surface area contributed by atoms with Crippen molar-refractivity contribution in [2.45, 2.75) is 20.8 Å². The molecule has 2 aromatic carbocycles. The predicted octanol–water partition coefficient (Wildman–Crippen LogP) is 4.27. The third-order valence-corrected chi connectivity index (χ3v) is 5.17. The standard InChI is InChI=1S/C22H18N4O2/c1-12-8-9-18-17(10-12)19-15-6-4-5-7-16(15)21(27)25(20(19)23-18)22(28)26-14(3)11-13(2)24-26/h4-11,23H,1-3H3. The van der Waals surface area contributed by atoms with Crippen LogP contribution in [0.15, 0.2) is 53.3 Å². The Labute approximate surface area is 160 Å². The number of aromatic amines is 1. The van der Waals surface area contributed by atoms with Crippen molar-refractivity contribution < 1.29 is 4.79 Å². The zero-order valence-electron chi connectivity index (χ0n) is 15.8. The number of aryl methyl sites for hydroxylation is 3. The summed E-state index contributed by atoms with van der Waals surface area (Å²) in [5.41, 5.74) is 3.53. The fourth-order valence-corrected chi connectivity index (χ4v) is 3.94. The maximum absolute atomic E-state index is 13.3. The Morgan fingerprint density at radius 3 is 2.43 bits per heavy atom. The molecule has 0 aliphatic carbocycles. The maximum Gasteiger partial charge on any atom is 0.357 e. The van der Waals surface area contributed by atoms with E-state index >= 15 is 0 Å². The zero-order valence-corrected chi connectivity index (χ0v) is 15.8. The Kier molecular flexibility index (Phi) is 3.34. The molecule has 0 atom stereocenters. The first-order chi connectivity index (χ1) is 13.5. The molecule has 6 heteroatoms. The molecule has 6 nitrogen and oxygen atoms in total. The van der Waals surface area contributed by atoms with Crippen LogP contribution in [0, 0.1) is 20.8 Å². The van der Waals surface area contributed by atoms with E-state index in [1.54, 1.807) is 13.0 Å². The van der Waals surface area contributed by atoms with Crippen LogP contribution < -0.4 is 5.56 Å². The number of hydrogen-bond acceptors (Lipinski definition) is 3. The molecular weight excluding hydrogens is 352 g/mol. The van der Waals surface area contributed by atoms with Gasteiger partial charge in [-0.3, -0.25) is 4.79 Å². The molecule has 5 rings (SSSR count). The van der Waals surface area contributed by atoms with Gasteiger partial charge in [-0.2, -0.15) is 9.78 Å². The van der Waals surface area contributed by atoms with Crippen molar-refractivity contribution in [2.75, 3.05) is 0 Å². The van der Waals surface area contributed by atoms with Crippen LogP contribution in [0.25, 0.3) is 32.7 Å². The first kappa shape index (κ1) is 16.5. The summed E-state index contributed by atoms with van der Waals surface area (Å²) in [5, 5.41) is 7.46. The molecule has 0 spiro atoms. The van der Waals surface area contributed by atoms with Crippen molar-refractivity contribution in [3.63, 3.8) is 0 Å². The van der Waals surface area contributed by atoms with Crippen molar-refractivity contribution in [3.8, 4) is 0 Å². The number of carbonyl (C=O) groups is 1. The molecule has 0 radical (unpaired) electrons. The van der Waals surface area contributed by atoms with E-state index in [0.29, 0.717) is 16.7 Å². The molecule has 0 saturated carbocycles. The minimum Gasteiger partial charge on any atom is -0.340 e. The Morgan fingerprint density at radius 2 is 1.71 bits per heavy atom. The van der Waals surface area contributed by atoms with Crippen molar-refractivity contribution in [1.29, 1.82) is 0 Å². The number of H-pyrrole nitrogens is 1. The van der Waals surface area contributed by atoms with Crippen molar-refractivity contribution in [2.24, 2.45) is 0 Å². The summed E-state index contributed by atoms with van der Waals surface area (Å²) in [6.07, 6.45) is 0. The second-order valence-electron chi connectivity index (χ2n) is 7.21. The molecule has 3 aromatic heterocycles. The molecule has 138 valence electrons. The summed E-state index contributed by atoms with van der Waals surface area (Å²) in [4.78, 5) is 29.9. The summed E-state index contributed by atoms with van der Waals surface area (Å²) < 4.78 is 2.48.